The monoisotopic (exact) mass is 373 g/mol. The summed E-state index contributed by atoms with van der Waals surface area (Å²) in [5.74, 6) is -4.34. The smallest absolute Gasteiger partial charge is 0.326 e. The average molecular weight is 373 g/mol. The van der Waals surface area contributed by atoms with Gasteiger partial charge in [0.1, 0.15) is 12.1 Å². The van der Waals surface area contributed by atoms with Gasteiger partial charge in [0.15, 0.2) is 0 Å². The average Bonchev–Trinajstić information content (AvgIpc) is 2.48. The summed E-state index contributed by atoms with van der Waals surface area (Å²) in [6.45, 7) is 3.58. The van der Waals surface area contributed by atoms with Crippen LogP contribution in [0.15, 0.2) is 0 Å². The van der Waals surface area contributed by atoms with Crippen molar-refractivity contribution in [2.75, 3.05) is 0 Å². The van der Waals surface area contributed by atoms with Crippen LogP contribution in [0.5, 0.6) is 0 Å². The van der Waals surface area contributed by atoms with Gasteiger partial charge in [0.25, 0.3) is 0 Å². The van der Waals surface area contributed by atoms with E-state index in [9.17, 15) is 29.1 Å². The number of nitrogens with two attached hydrogens (primary N) is 3. The van der Waals surface area contributed by atoms with Crippen molar-refractivity contribution < 1.29 is 29.1 Å². The van der Waals surface area contributed by atoms with E-state index < -0.39 is 54.1 Å². The lowest BCUT2D eigenvalue weighted by Crippen LogP contribution is -2.55. The van der Waals surface area contributed by atoms with Gasteiger partial charge in [-0.05, 0) is 18.8 Å². The zero-order valence-corrected chi connectivity index (χ0v) is 14.9. The Morgan fingerprint density at radius 3 is 1.88 bits per heavy atom. The van der Waals surface area contributed by atoms with E-state index in [0.29, 0.717) is 0 Å². The third-order valence-corrected chi connectivity index (χ3v) is 3.39. The topological polar surface area (TPSA) is 208 Å². The quantitative estimate of drug-likeness (QED) is 0.217. The van der Waals surface area contributed by atoms with Gasteiger partial charge in [0, 0.05) is 6.42 Å². The SMILES string of the molecule is CC(C)C[C@H](NC(=O)[C@H](CCC(N)=O)NC(=O)[C@@H](N)CC(N)=O)C(=O)O. The molecule has 0 fully saturated rings. The first-order valence-electron chi connectivity index (χ1n) is 8.09. The third kappa shape index (κ3) is 9.57. The molecule has 0 unspecified atom stereocenters. The maximum atomic E-state index is 12.4. The molecule has 3 atom stereocenters. The van der Waals surface area contributed by atoms with Gasteiger partial charge in [0.05, 0.1) is 12.5 Å². The van der Waals surface area contributed by atoms with Crippen LogP contribution in [0.2, 0.25) is 0 Å². The Bertz CT molecular complexity index is 551. The van der Waals surface area contributed by atoms with E-state index >= 15 is 0 Å². The molecule has 0 bridgehead atoms. The number of rotatable bonds is 12. The molecule has 0 spiro atoms. The molecular formula is C15H27N5O6. The van der Waals surface area contributed by atoms with E-state index in [4.69, 9.17) is 17.2 Å². The molecule has 26 heavy (non-hydrogen) atoms. The number of amides is 4. The predicted molar refractivity (Wildman–Crippen MR) is 91.2 cm³/mol. The molecule has 0 saturated carbocycles. The number of primary amides is 2. The lowest BCUT2D eigenvalue weighted by Gasteiger charge is -2.23. The highest BCUT2D eigenvalue weighted by molar-refractivity contribution is 5.93. The molecule has 11 nitrogen and oxygen atoms in total. The number of carboxylic acids is 1. The molecular weight excluding hydrogens is 346 g/mol. The van der Waals surface area contributed by atoms with Crippen molar-refractivity contribution in [3.63, 3.8) is 0 Å². The first-order chi connectivity index (χ1) is 11.9. The summed E-state index contributed by atoms with van der Waals surface area (Å²) >= 11 is 0. The summed E-state index contributed by atoms with van der Waals surface area (Å²) in [5, 5.41) is 13.8. The lowest BCUT2D eigenvalue weighted by atomic mass is 10.0. The van der Waals surface area contributed by atoms with Crippen LogP contribution in [0.1, 0.15) is 39.5 Å². The maximum Gasteiger partial charge on any atom is 0.326 e. The molecule has 0 aromatic rings. The van der Waals surface area contributed by atoms with E-state index in [1.54, 1.807) is 13.8 Å². The van der Waals surface area contributed by atoms with Gasteiger partial charge in [-0.2, -0.15) is 0 Å². The van der Waals surface area contributed by atoms with Gasteiger partial charge in [-0.1, -0.05) is 13.8 Å². The van der Waals surface area contributed by atoms with Crippen LogP contribution >= 0.6 is 0 Å². The molecule has 4 amide bonds. The summed E-state index contributed by atoms with van der Waals surface area (Å²) < 4.78 is 0. The minimum absolute atomic E-state index is 0.000880. The van der Waals surface area contributed by atoms with Crippen LogP contribution in [0.3, 0.4) is 0 Å². The largest absolute Gasteiger partial charge is 0.480 e. The molecule has 0 aliphatic carbocycles. The summed E-state index contributed by atoms with van der Waals surface area (Å²) in [7, 11) is 0. The Kier molecular flexibility index (Phi) is 9.89. The highest BCUT2D eigenvalue weighted by Crippen LogP contribution is 2.07. The second-order valence-electron chi connectivity index (χ2n) is 6.37. The molecule has 11 heteroatoms. The van der Waals surface area contributed by atoms with E-state index in [-0.39, 0.29) is 25.2 Å². The van der Waals surface area contributed by atoms with Gasteiger partial charge >= 0.3 is 5.97 Å². The summed E-state index contributed by atoms with van der Waals surface area (Å²) in [4.78, 5) is 57.4. The summed E-state index contributed by atoms with van der Waals surface area (Å²) in [6.07, 6.45) is -0.616. The number of carbonyl (C=O) groups excluding carboxylic acids is 4. The number of carboxylic acid groups (broad SMARTS) is 1. The fourth-order valence-corrected chi connectivity index (χ4v) is 2.11. The molecule has 0 aliphatic rings. The van der Waals surface area contributed by atoms with Crippen LogP contribution < -0.4 is 27.8 Å². The van der Waals surface area contributed by atoms with Crippen LogP contribution in [-0.4, -0.2) is 52.8 Å². The summed E-state index contributed by atoms with van der Waals surface area (Å²) in [5.41, 5.74) is 15.5. The molecule has 0 rings (SSSR count). The Morgan fingerprint density at radius 1 is 0.923 bits per heavy atom. The Morgan fingerprint density at radius 2 is 1.46 bits per heavy atom. The lowest BCUT2D eigenvalue weighted by molar-refractivity contribution is -0.143. The minimum Gasteiger partial charge on any atom is -0.480 e. The Labute approximate surface area is 151 Å². The second-order valence-corrected chi connectivity index (χ2v) is 6.37. The minimum atomic E-state index is -1.28. The van der Waals surface area contributed by atoms with Crippen molar-refractivity contribution in [3.8, 4) is 0 Å². The van der Waals surface area contributed by atoms with Crippen LogP contribution in [0.4, 0.5) is 0 Å². The van der Waals surface area contributed by atoms with Gasteiger partial charge in [0.2, 0.25) is 23.6 Å². The van der Waals surface area contributed by atoms with E-state index in [2.05, 4.69) is 10.6 Å². The highest BCUT2D eigenvalue weighted by Gasteiger charge is 2.28. The molecule has 148 valence electrons. The van der Waals surface area contributed by atoms with Crippen molar-refractivity contribution in [1.29, 1.82) is 0 Å². The van der Waals surface area contributed by atoms with Crippen molar-refractivity contribution >= 4 is 29.6 Å². The van der Waals surface area contributed by atoms with E-state index in [1.807, 2.05) is 0 Å². The maximum absolute atomic E-state index is 12.4. The van der Waals surface area contributed by atoms with Gasteiger partial charge in [-0.3, -0.25) is 19.2 Å². The van der Waals surface area contributed by atoms with Crippen molar-refractivity contribution in [1.82, 2.24) is 10.6 Å². The first kappa shape index (κ1) is 23.3. The standard InChI is InChI=1S/C15H27N5O6/c1-7(2)5-10(15(25)26)20-14(24)9(3-4-11(17)21)19-13(23)8(16)6-12(18)22/h7-10H,3-6,16H2,1-2H3,(H2,17,21)(H2,18,22)(H,19,23)(H,20,24)(H,25,26)/t8-,9-,10-/m0/s1. The highest BCUT2D eigenvalue weighted by atomic mass is 16.4. The zero-order chi connectivity index (χ0) is 20.4. The fraction of sp³-hybridized carbons (Fsp3) is 0.667. The molecule has 0 aromatic heterocycles. The molecule has 0 radical (unpaired) electrons. The summed E-state index contributed by atoms with van der Waals surface area (Å²) in [6, 6.07) is -3.67. The zero-order valence-electron chi connectivity index (χ0n) is 14.9. The van der Waals surface area contributed by atoms with Crippen molar-refractivity contribution in [2.45, 2.75) is 57.7 Å². The molecule has 0 saturated heterocycles. The van der Waals surface area contributed by atoms with Crippen LogP contribution in [0, 0.1) is 5.92 Å². The van der Waals surface area contributed by atoms with E-state index in [1.165, 1.54) is 0 Å². The van der Waals surface area contributed by atoms with Crippen molar-refractivity contribution in [3.05, 3.63) is 0 Å². The van der Waals surface area contributed by atoms with Crippen LogP contribution in [-0.2, 0) is 24.0 Å². The fourth-order valence-electron chi connectivity index (χ4n) is 2.11. The Balaban J connectivity index is 5.11. The number of nitrogens with one attached hydrogen (secondary N) is 2. The normalized spacial score (nSPS) is 14.2. The first-order valence-corrected chi connectivity index (χ1v) is 8.09. The van der Waals surface area contributed by atoms with Gasteiger partial charge in [-0.15, -0.1) is 0 Å². The molecule has 9 N–H and O–H groups in total. The number of carbonyl (C=O) groups is 5. The molecule has 0 aliphatic heterocycles. The molecule has 0 aromatic carbocycles. The Hall–Kier alpha value is -2.69. The number of hydrogen-bond donors (Lipinski definition) is 6. The van der Waals surface area contributed by atoms with E-state index in [0.717, 1.165) is 0 Å². The van der Waals surface area contributed by atoms with Crippen LogP contribution in [0.25, 0.3) is 0 Å². The van der Waals surface area contributed by atoms with Gasteiger partial charge < -0.3 is 32.9 Å². The number of aliphatic carboxylic acids is 1. The predicted octanol–water partition coefficient (Wildman–Crippen LogP) is -2.45. The number of hydrogen-bond acceptors (Lipinski definition) is 6. The second kappa shape index (κ2) is 11.0. The molecule has 0 heterocycles. The van der Waals surface area contributed by atoms with Crippen molar-refractivity contribution in [2.24, 2.45) is 23.1 Å². The third-order valence-electron chi connectivity index (χ3n) is 3.39. The van der Waals surface area contributed by atoms with Gasteiger partial charge in [-0.25, -0.2) is 4.79 Å².